The molecule has 130 valence electrons. The highest BCUT2D eigenvalue weighted by Crippen LogP contribution is 2.25. The normalized spacial score (nSPS) is 12.5. The number of nitro benzene ring substituents is 1. The minimum Gasteiger partial charge on any atom is -0.340 e. The molecule has 0 amide bonds. The smallest absolute Gasteiger partial charge is 0.285 e. The first-order valence-electron chi connectivity index (χ1n) is 7.56. The number of non-ortho nitro benzene ring substituents is 1. The molecule has 10 nitrogen and oxygen atoms in total. The van der Waals surface area contributed by atoms with Gasteiger partial charge in [-0.2, -0.15) is 0 Å². The van der Waals surface area contributed by atoms with Gasteiger partial charge in [-0.05, 0) is 6.07 Å². The molecule has 3 aromatic rings. The van der Waals surface area contributed by atoms with E-state index in [4.69, 9.17) is 0 Å². The first-order valence-corrected chi connectivity index (χ1v) is 7.56. The molecule has 10 heteroatoms. The van der Waals surface area contributed by atoms with Gasteiger partial charge in [0.25, 0.3) is 16.8 Å². The van der Waals surface area contributed by atoms with E-state index in [0.717, 1.165) is 10.4 Å². The third-order valence-corrected chi connectivity index (χ3v) is 4.00. The molecule has 0 saturated carbocycles. The number of H-pyrrole nitrogens is 2. The number of hydrogen-bond donors (Lipinski definition) is 5. The van der Waals surface area contributed by atoms with Crippen LogP contribution in [0, 0.1) is 10.1 Å². The fraction of sp³-hybridized carbons (Fsp3) is 0. The Balaban J connectivity index is 1.96. The highest BCUT2D eigenvalue weighted by atomic mass is 16.6. The number of aromatic nitrogens is 2. The Bertz CT molecular complexity index is 1290. The number of nitrogens with one attached hydrogen (secondary N) is 5. The zero-order chi connectivity index (χ0) is 18.3. The first-order chi connectivity index (χ1) is 12.5. The second-order valence-electron chi connectivity index (χ2n) is 5.58. The van der Waals surface area contributed by atoms with Crippen LogP contribution in [0.25, 0.3) is 22.8 Å². The number of benzene rings is 2. The van der Waals surface area contributed by atoms with Gasteiger partial charge in [-0.15, -0.1) is 0 Å². The molecular weight excluding hydrogens is 340 g/mol. The van der Waals surface area contributed by atoms with E-state index in [2.05, 4.69) is 26.4 Å². The van der Waals surface area contributed by atoms with Gasteiger partial charge in [0.2, 0.25) is 0 Å². The molecule has 1 aliphatic rings. The number of nitrogens with zero attached hydrogens (tertiary/aromatic N) is 1. The second kappa shape index (κ2) is 5.77. The largest absolute Gasteiger partial charge is 0.340 e. The van der Waals surface area contributed by atoms with E-state index in [0.29, 0.717) is 11.5 Å². The maximum absolute atomic E-state index is 12.0. The molecule has 1 aromatic heterocycles. The van der Waals surface area contributed by atoms with Gasteiger partial charge in [-0.25, -0.2) is 0 Å². The maximum Gasteiger partial charge on any atom is 0.285 e. The number of nitro groups is 1. The standard InChI is InChI=1S/C16H12N6O4/c23-15-11-5-9(6-12(22(25)26)13(11)16(24)21-20-15)18-14-10-4-2-1-3-8(10)7-17-19-14/h1-7,17-19H,(H,20,23)(H,21,24). The van der Waals surface area contributed by atoms with Crippen molar-refractivity contribution in [2.45, 2.75) is 0 Å². The van der Waals surface area contributed by atoms with E-state index in [-0.39, 0.29) is 10.8 Å². The van der Waals surface area contributed by atoms with E-state index in [1.54, 1.807) is 6.20 Å². The van der Waals surface area contributed by atoms with Crippen molar-refractivity contribution in [2.24, 2.45) is 0 Å². The molecule has 0 unspecified atom stereocenters. The van der Waals surface area contributed by atoms with E-state index in [1.165, 1.54) is 12.1 Å². The summed E-state index contributed by atoms with van der Waals surface area (Å²) in [6.07, 6.45) is 1.77. The van der Waals surface area contributed by atoms with Gasteiger partial charge in [0.15, 0.2) is 0 Å². The van der Waals surface area contributed by atoms with Crippen LogP contribution < -0.4 is 37.7 Å². The maximum atomic E-state index is 12.0. The van der Waals surface area contributed by atoms with Crippen molar-refractivity contribution in [1.29, 1.82) is 0 Å². The Morgan fingerprint density at radius 1 is 1.04 bits per heavy atom. The minimum absolute atomic E-state index is 0.0744. The third kappa shape index (κ3) is 2.45. The van der Waals surface area contributed by atoms with Gasteiger partial charge >= 0.3 is 0 Å². The predicted octanol–water partition coefficient (Wildman–Crippen LogP) is -0.852. The number of fused-ring (bicyclic) bond motifs is 2. The molecule has 0 spiro atoms. The van der Waals surface area contributed by atoms with E-state index in [9.17, 15) is 19.7 Å². The fourth-order valence-electron chi connectivity index (χ4n) is 2.85. The van der Waals surface area contributed by atoms with Gasteiger partial charge in [0.05, 0.1) is 10.3 Å². The summed E-state index contributed by atoms with van der Waals surface area (Å²) in [6, 6.07) is 10.1. The fourth-order valence-corrected chi connectivity index (χ4v) is 2.85. The van der Waals surface area contributed by atoms with Crippen LogP contribution in [0.3, 0.4) is 0 Å². The van der Waals surface area contributed by atoms with E-state index in [1.807, 2.05) is 24.3 Å². The summed E-state index contributed by atoms with van der Waals surface area (Å²) in [4.78, 5) is 34.7. The van der Waals surface area contributed by atoms with Crippen LogP contribution in [-0.2, 0) is 0 Å². The lowest BCUT2D eigenvalue weighted by Crippen LogP contribution is -2.45. The minimum atomic E-state index is -0.733. The molecule has 4 rings (SSSR count). The molecular formula is C16H12N6O4. The summed E-state index contributed by atoms with van der Waals surface area (Å²) in [5.74, 6) is 0.554. The average molecular weight is 352 g/mol. The van der Waals surface area contributed by atoms with Crippen LogP contribution in [0.1, 0.15) is 0 Å². The highest BCUT2D eigenvalue weighted by molar-refractivity contribution is 5.93. The molecule has 26 heavy (non-hydrogen) atoms. The Hall–Kier alpha value is -4.08. The van der Waals surface area contributed by atoms with Crippen LogP contribution >= 0.6 is 0 Å². The Morgan fingerprint density at radius 2 is 1.81 bits per heavy atom. The first kappa shape index (κ1) is 15.4. The lowest BCUT2D eigenvalue weighted by atomic mass is 10.1. The molecule has 0 saturated heterocycles. The van der Waals surface area contributed by atoms with Crippen LogP contribution in [-0.4, -0.2) is 15.1 Å². The molecule has 2 aromatic carbocycles. The lowest BCUT2D eigenvalue weighted by Gasteiger charge is -2.17. The van der Waals surface area contributed by atoms with Crippen molar-refractivity contribution in [3.8, 4) is 0 Å². The molecule has 2 heterocycles. The summed E-state index contributed by atoms with van der Waals surface area (Å²) >= 11 is 0. The average Bonchev–Trinajstić information content (AvgIpc) is 2.64. The molecule has 5 N–H and O–H groups in total. The predicted molar refractivity (Wildman–Crippen MR) is 95.3 cm³/mol. The van der Waals surface area contributed by atoms with Gasteiger partial charge in [-0.3, -0.25) is 35.3 Å². The van der Waals surface area contributed by atoms with Crippen LogP contribution in [0.15, 0.2) is 46.0 Å². The zero-order valence-corrected chi connectivity index (χ0v) is 13.1. The van der Waals surface area contributed by atoms with E-state index >= 15 is 0 Å². The van der Waals surface area contributed by atoms with Crippen molar-refractivity contribution in [2.75, 3.05) is 5.32 Å². The Labute approximate surface area is 144 Å². The monoisotopic (exact) mass is 352 g/mol. The number of hydrogen-bond acceptors (Lipinski definition) is 7. The zero-order valence-electron chi connectivity index (χ0n) is 13.1. The number of rotatable bonds is 3. The SMILES string of the molecule is O=c1[nH][nH]c(=O)c2c([N+](=O)[O-])cc(NC3=c4ccccc4=CNN3)cc12. The quantitative estimate of drug-likeness (QED) is 0.305. The molecule has 0 aliphatic carbocycles. The molecule has 1 aliphatic heterocycles. The summed E-state index contributed by atoms with van der Waals surface area (Å²) in [5.41, 5.74) is 4.28. The number of aromatic amines is 2. The number of hydrazine groups is 1. The van der Waals surface area contributed by atoms with Crippen molar-refractivity contribution >= 4 is 34.2 Å². The van der Waals surface area contributed by atoms with Gasteiger partial charge in [0.1, 0.15) is 11.2 Å². The molecule has 0 fully saturated rings. The molecule has 0 bridgehead atoms. The highest BCUT2D eigenvalue weighted by Gasteiger charge is 2.19. The van der Waals surface area contributed by atoms with Crippen molar-refractivity contribution in [3.63, 3.8) is 0 Å². The Morgan fingerprint density at radius 3 is 2.62 bits per heavy atom. The van der Waals surface area contributed by atoms with Gasteiger partial charge in [0, 0.05) is 28.4 Å². The van der Waals surface area contributed by atoms with Crippen LogP contribution in [0.4, 0.5) is 11.4 Å². The lowest BCUT2D eigenvalue weighted by molar-refractivity contribution is -0.383. The topological polar surface area (TPSA) is 145 Å². The van der Waals surface area contributed by atoms with Gasteiger partial charge < -0.3 is 10.7 Å². The molecule has 0 radical (unpaired) electrons. The van der Waals surface area contributed by atoms with Crippen molar-refractivity contribution in [1.82, 2.24) is 21.0 Å². The second-order valence-corrected chi connectivity index (χ2v) is 5.58. The summed E-state index contributed by atoms with van der Waals surface area (Å²) in [7, 11) is 0. The van der Waals surface area contributed by atoms with Crippen LogP contribution in [0.5, 0.6) is 0 Å². The van der Waals surface area contributed by atoms with Gasteiger partial charge in [-0.1, -0.05) is 24.3 Å². The summed E-state index contributed by atoms with van der Waals surface area (Å²) in [5, 5.41) is 20.1. The van der Waals surface area contributed by atoms with Crippen LogP contribution in [0.2, 0.25) is 0 Å². The third-order valence-electron chi connectivity index (χ3n) is 4.00. The molecule has 0 atom stereocenters. The number of anilines is 1. The van der Waals surface area contributed by atoms with E-state index < -0.39 is 21.7 Å². The summed E-state index contributed by atoms with van der Waals surface area (Å²) in [6.45, 7) is 0. The Kier molecular flexibility index (Phi) is 3.43. The van der Waals surface area contributed by atoms with Crippen molar-refractivity contribution in [3.05, 3.63) is 77.7 Å². The summed E-state index contributed by atoms with van der Waals surface area (Å²) < 4.78 is 0. The van der Waals surface area contributed by atoms with Crippen molar-refractivity contribution < 1.29 is 4.92 Å².